The molecule has 0 aliphatic carbocycles. The second-order valence-corrected chi connectivity index (χ2v) is 3.78. The van der Waals surface area contributed by atoms with Crippen molar-refractivity contribution in [2.45, 2.75) is 12.8 Å². The summed E-state index contributed by atoms with van der Waals surface area (Å²) in [6, 6.07) is 3.39. The van der Waals surface area contributed by atoms with Crippen molar-refractivity contribution in [1.29, 1.82) is 0 Å². The molecule has 1 rings (SSSR count). The number of amides is 2. The van der Waals surface area contributed by atoms with Crippen LogP contribution in [0.5, 0.6) is 0 Å². The molecule has 0 fully saturated rings. The lowest BCUT2D eigenvalue weighted by Gasteiger charge is -1.98. The summed E-state index contributed by atoms with van der Waals surface area (Å²) in [7, 11) is 0. The van der Waals surface area contributed by atoms with Crippen molar-refractivity contribution in [3.05, 3.63) is 22.6 Å². The SMILES string of the molecule is NNC(=O)CCC(=O)N/N=C/c1ccc(Br)o1. The minimum absolute atomic E-state index is 0.0161. The van der Waals surface area contributed by atoms with Crippen molar-refractivity contribution in [2.75, 3.05) is 0 Å². The van der Waals surface area contributed by atoms with E-state index in [-0.39, 0.29) is 18.7 Å². The Morgan fingerprint density at radius 3 is 2.71 bits per heavy atom. The van der Waals surface area contributed by atoms with Crippen LogP contribution in [0.3, 0.4) is 0 Å². The minimum atomic E-state index is -0.404. The Bertz CT molecular complexity index is 430. The lowest BCUT2D eigenvalue weighted by Crippen LogP contribution is -2.31. The van der Waals surface area contributed by atoms with E-state index < -0.39 is 5.91 Å². The molecule has 0 spiro atoms. The first-order valence-corrected chi connectivity index (χ1v) is 5.48. The predicted molar refractivity (Wildman–Crippen MR) is 63.7 cm³/mol. The molecule has 0 aliphatic heterocycles. The van der Waals surface area contributed by atoms with Crippen LogP contribution in [-0.2, 0) is 9.59 Å². The number of nitrogens with one attached hydrogen (secondary N) is 2. The lowest BCUT2D eigenvalue weighted by molar-refractivity contribution is -0.126. The van der Waals surface area contributed by atoms with Gasteiger partial charge in [0.2, 0.25) is 11.8 Å². The third-order valence-corrected chi connectivity index (χ3v) is 2.14. The first-order valence-electron chi connectivity index (χ1n) is 4.68. The van der Waals surface area contributed by atoms with Gasteiger partial charge in [0.1, 0.15) is 5.76 Å². The van der Waals surface area contributed by atoms with Crippen LogP contribution in [0.2, 0.25) is 0 Å². The van der Waals surface area contributed by atoms with Gasteiger partial charge < -0.3 is 4.42 Å². The Balaban J connectivity index is 2.28. The van der Waals surface area contributed by atoms with Gasteiger partial charge >= 0.3 is 0 Å². The largest absolute Gasteiger partial charge is 0.448 e. The molecule has 7 nitrogen and oxygen atoms in total. The molecule has 2 amide bonds. The second-order valence-electron chi connectivity index (χ2n) is 3.00. The van der Waals surface area contributed by atoms with Crippen LogP contribution in [0.1, 0.15) is 18.6 Å². The quantitative estimate of drug-likeness (QED) is 0.314. The number of halogens is 1. The van der Waals surface area contributed by atoms with Gasteiger partial charge in [-0.1, -0.05) is 0 Å². The number of carbonyl (C=O) groups is 2. The van der Waals surface area contributed by atoms with Crippen LogP contribution in [0.25, 0.3) is 0 Å². The summed E-state index contributed by atoms with van der Waals surface area (Å²) in [4.78, 5) is 21.9. The normalized spacial score (nSPS) is 10.5. The van der Waals surface area contributed by atoms with Crippen LogP contribution < -0.4 is 16.7 Å². The van der Waals surface area contributed by atoms with Crippen molar-refractivity contribution in [1.82, 2.24) is 10.9 Å². The van der Waals surface area contributed by atoms with Crippen molar-refractivity contribution in [2.24, 2.45) is 10.9 Å². The molecule has 4 N–H and O–H groups in total. The molecule has 0 bridgehead atoms. The average molecular weight is 303 g/mol. The fraction of sp³-hybridized carbons (Fsp3) is 0.222. The van der Waals surface area contributed by atoms with Crippen LogP contribution in [0.4, 0.5) is 0 Å². The van der Waals surface area contributed by atoms with Crippen LogP contribution >= 0.6 is 15.9 Å². The first-order chi connectivity index (χ1) is 8.11. The predicted octanol–water partition coefficient (Wildman–Crippen LogP) is 0.262. The van der Waals surface area contributed by atoms with E-state index in [1.807, 2.05) is 5.43 Å². The topological polar surface area (TPSA) is 110 Å². The molecule has 0 saturated heterocycles. The molecule has 17 heavy (non-hydrogen) atoms. The van der Waals surface area contributed by atoms with Gasteiger partial charge in [-0.2, -0.15) is 5.10 Å². The van der Waals surface area contributed by atoms with E-state index in [1.54, 1.807) is 12.1 Å². The van der Waals surface area contributed by atoms with Crippen molar-refractivity contribution < 1.29 is 14.0 Å². The maximum Gasteiger partial charge on any atom is 0.240 e. The minimum Gasteiger partial charge on any atom is -0.448 e. The van der Waals surface area contributed by atoms with Crippen molar-refractivity contribution >= 4 is 34.0 Å². The zero-order chi connectivity index (χ0) is 12.7. The molecule has 0 saturated carbocycles. The summed E-state index contributed by atoms with van der Waals surface area (Å²) in [6.45, 7) is 0. The molecular weight excluding hydrogens is 292 g/mol. The number of carbonyl (C=O) groups excluding carboxylic acids is 2. The molecule has 1 heterocycles. The van der Waals surface area contributed by atoms with E-state index in [0.717, 1.165) is 0 Å². The Morgan fingerprint density at radius 1 is 1.41 bits per heavy atom. The molecule has 0 aromatic carbocycles. The zero-order valence-electron chi connectivity index (χ0n) is 8.77. The number of nitrogens with two attached hydrogens (primary N) is 1. The summed E-state index contributed by atoms with van der Waals surface area (Å²) >= 11 is 3.13. The Kier molecular flexibility index (Phi) is 5.37. The molecule has 8 heteroatoms. The molecule has 0 atom stereocenters. The van der Waals surface area contributed by atoms with Gasteiger partial charge in [-0.05, 0) is 28.1 Å². The molecule has 0 radical (unpaired) electrons. The smallest absolute Gasteiger partial charge is 0.240 e. The highest BCUT2D eigenvalue weighted by molar-refractivity contribution is 9.10. The molecule has 1 aromatic rings. The van der Waals surface area contributed by atoms with Gasteiger partial charge in [0.05, 0.1) is 6.21 Å². The van der Waals surface area contributed by atoms with Gasteiger partial charge in [-0.25, -0.2) is 11.3 Å². The molecular formula is C9H11BrN4O3. The molecule has 0 unspecified atom stereocenters. The number of nitrogens with zero attached hydrogens (tertiary/aromatic N) is 1. The number of hydrogen-bond acceptors (Lipinski definition) is 5. The van der Waals surface area contributed by atoms with E-state index in [4.69, 9.17) is 10.3 Å². The molecule has 92 valence electrons. The third-order valence-electron chi connectivity index (χ3n) is 1.72. The third kappa shape index (κ3) is 5.27. The summed E-state index contributed by atoms with van der Waals surface area (Å²) < 4.78 is 5.69. The highest BCUT2D eigenvalue weighted by Gasteiger charge is 2.04. The molecule has 1 aromatic heterocycles. The van der Waals surface area contributed by atoms with Crippen molar-refractivity contribution in [3.8, 4) is 0 Å². The van der Waals surface area contributed by atoms with Gasteiger partial charge in [0.15, 0.2) is 4.67 Å². The number of furan rings is 1. The van der Waals surface area contributed by atoms with Gasteiger partial charge in [0, 0.05) is 12.8 Å². The summed E-state index contributed by atoms with van der Waals surface area (Å²) in [5, 5.41) is 3.66. The highest BCUT2D eigenvalue weighted by atomic mass is 79.9. The standard InChI is InChI=1S/C9H11BrN4O3/c10-7-2-1-6(17-7)5-12-14-9(16)4-3-8(15)13-11/h1-2,5H,3-4,11H2,(H,13,15)(H,14,16)/b12-5+. The van der Waals surface area contributed by atoms with Crippen molar-refractivity contribution in [3.63, 3.8) is 0 Å². The second kappa shape index (κ2) is 6.81. The van der Waals surface area contributed by atoms with Gasteiger partial charge in [-0.15, -0.1) is 0 Å². The summed E-state index contributed by atoms with van der Waals surface area (Å²) in [5.74, 6) is 4.57. The summed E-state index contributed by atoms with van der Waals surface area (Å²) in [5.41, 5.74) is 4.18. The Morgan fingerprint density at radius 2 is 2.12 bits per heavy atom. The Hall–Kier alpha value is -1.67. The van der Waals surface area contributed by atoms with E-state index >= 15 is 0 Å². The maximum absolute atomic E-state index is 11.2. The monoisotopic (exact) mass is 302 g/mol. The first kappa shape index (κ1) is 13.4. The van der Waals surface area contributed by atoms with Crippen LogP contribution in [0, 0.1) is 0 Å². The van der Waals surface area contributed by atoms with E-state index in [9.17, 15) is 9.59 Å². The van der Waals surface area contributed by atoms with Crippen LogP contribution in [0.15, 0.2) is 26.3 Å². The van der Waals surface area contributed by atoms with Gasteiger partial charge in [0.25, 0.3) is 0 Å². The fourth-order valence-electron chi connectivity index (χ4n) is 0.921. The summed E-state index contributed by atoms with van der Waals surface area (Å²) in [6.07, 6.45) is 1.39. The number of rotatable bonds is 5. The van der Waals surface area contributed by atoms with Crippen LogP contribution in [-0.4, -0.2) is 18.0 Å². The van der Waals surface area contributed by atoms with E-state index in [2.05, 4.69) is 26.5 Å². The van der Waals surface area contributed by atoms with Gasteiger partial charge in [-0.3, -0.25) is 15.0 Å². The Labute approximate surface area is 106 Å². The maximum atomic E-state index is 11.2. The number of hydrogen-bond donors (Lipinski definition) is 3. The van der Waals surface area contributed by atoms with E-state index in [1.165, 1.54) is 6.21 Å². The average Bonchev–Trinajstić information content (AvgIpc) is 2.72. The fourth-order valence-corrected chi connectivity index (χ4v) is 1.24. The molecule has 0 aliphatic rings. The zero-order valence-corrected chi connectivity index (χ0v) is 10.4. The highest BCUT2D eigenvalue weighted by Crippen LogP contribution is 2.11. The van der Waals surface area contributed by atoms with E-state index in [0.29, 0.717) is 10.4 Å². The lowest BCUT2D eigenvalue weighted by atomic mass is 10.3. The number of hydrazone groups is 1. The number of hydrazine groups is 1.